The predicted molar refractivity (Wildman–Crippen MR) is 70.4 cm³/mol. The van der Waals surface area contributed by atoms with Crippen molar-refractivity contribution < 1.29 is 19.1 Å². The van der Waals surface area contributed by atoms with Gasteiger partial charge in [0.25, 0.3) is 0 Å². The minimum Gasteiger partial charge on any atom is -0.468 e. The Hall–Kier alpha value is -1.88. The first-order valence-corrected chi connectivity index (χ1v) is 6.04. The van der Waals surface area contributed by atoms with Crippen molar-refractivity contribution in [2.75, 3.05) is 27.4 Å². The summed E-state index contributed by atoms with van der Waals surface area (Å²) in [4.78, 5) is 24.8. The maximum Gasteiger partial charge on any atom is 0.325 e. The van der Waals surface area contributed by atoms with Crippen LogP contribution in [-0.4, -0.2) is 44.1 Å². The summed E-state index contributed by atoms with van der Waals surface area (Å²) >= 11 is 0. The van der Waals surface area contributed by atoms with Gasteiger partial charge in [-0.05, 0) is 5.56 Å². The molecule has 0 fully saturated rings. The fraction of sp³-hybridized carbons (Fsp3) is 0.429. The number of rotatable bonds is 7. The molecular weight excluding hydrogens is 246 g/mol. The number of nitrogens with zero attached hydrogens (tertiary/aromatic N) is 1. The summed E-state index contributed by atoms with van der Waals surface area (Å²) in [6.07, 6.45) is 0.250. The molecule has 0 atom stereocenters. The van der Waals surface area contributed by atoms with Gasteiger partial charge < -0.3 is 14.4 Å². The van der Waals surface area contributed by atoms with Gasteiger partial charge >= 0.3 is 5.97 Å². The number of amides is 1. The van der Waals surface area contributed by atoms with Gasteiger partial charge in [-0.25, -0.2) is 0 Å². The summed E-state index contributed by atoms with van der Waals surface area (Å²) in [5.74, 6) is -0.558. The normalized spacial score (nSPS) is 10.0. The van der Waals surface area contributed by atoms with Crippen molar-refractivity contribution in [3.63, 3.8) is 0 Å². The van der Waals surface area contributed by atoms with Gasteiger partial charge in [0.05, 0.1) is 20.1 Å². The molecule has 1 amide bonds. The third-order valence-corrected chi connectivity index (χ3v) is 2.64. The monoisotopic (exact) mass is 265 g/mol. The molecule has 0 spiro atoms. The topological polar surface area (TPSA) is 55.8 Å². The van der Waals surface area contributed by atoms with Crippen molar-refractivity contribution in [2.24, 2.45) is 0 Å². The first-order chi connectivity index (χ1) is 9.17. The maximum atomic E-state index is 12.0. The molecule has 0 saturated carbocycles. The molecule has 0 aromatic heterocycles. The highest BCUT2D eigenvalue weighted by molar-refractivity contribution is 5.82. The highest BCUT2D eigenvalue weighted by atomic mass is 16.5. The lowest BCUT2D eigenvalue weighted by Crippen LogP contribution is -2.36. The van der Waals surface area contributed by atoms with Crippen LogP contribution in [0.1, 0.15) is 12.0 Å². The average molecular weight is 265 g/mol. The Kier molecular flexibility index (Phi) is 6.60. The first-order valence-electron chi connectivity index (χ1n) is 6.04. The minimum atomic E-state index is -0.429. The van der Waals surface area contributed by atoms with Crippen molar-refractivity contribution in [2.45, 2.75) is 13.0 Å². The minimum absolute atomic E-state index is 0.0477. The van der Waals surface area contributed by atoms with E-state index >= 15 is 0 Å². The molecule has 0 aliphatic rings. The second-order valence-corrected chi connectivity index (χ2v) is 4.05. The van der Waals surface area contributed by atoms with Crippen LogP contribution in [-0.2, 0) is 25.6 Å². The molecule has 104 valence electrons. The number of carbonyl (C=O) groups excluding carboxylic acids is 2. The zero-order valence-electron chi connectivity index (χ0n) is 11.3. The summed E-state index contributed by atoms with van der Waals surface area (Å²) in [5.41, 5.74) is 0.970. The fourth-order valence-electron chi connectivity index (χ4n) is 1.60. The summed E-state index contributed by atoms with van der Waals surface area (Å²) in [6, 6.07) is 9.51. The number of hydrogen-bond acceptors (Lipinski definition) is 4. The molecule has 0 radical (unpaired) electrons. The van der Waals surface area contributed by atoms with E-state index in [0.717, 1.165) is 5.56 Å². The molecular formula is C14H19NO4. The molecule has 0 heterocycles. The molecule has 1 rings (SSSR count). The van der Waals surface area contributed by atoms with Crippen molar-refractivity contribution in [1.29, 1.82) is 0 Å². The van der Waals surface area contributed by atoms with E-state index in [4.69, 9.17) is 4.74 Å². The second kappa shape index (κ2) is 8.26. The van der Waals surface area contributed by atoms with Crippen LogP contribution in [0.3, 0.4) is 0 Å². The van der Waals surface area contributed by atoms with E-state index in [-0.39, 0.29) is 18.9 Å². The smallest absolute Gasteiger partial charge is 0.325 e. The number of esters is 1. The van der Waals surface area contributed by atoms with E-state index < -0.39 is 5.97 Å². The number of carbonyl (C=O) groups is 2. The van der Waals surface area contributed by atoms with Gasteiger partial charge in [-0.2, -0.15) is 0 Å². The summed E-state index contributed by atoms with van der Waals surface area (Å²) in [5, 5.41) is 0. The van der Waals surface area contributed by atoms with E-state index in [1.165, 1.54) is 19.1 Å². The number of benzene rings is 1. The Bertz CT molecular complexity index is 405. The van der Waals surface area contributed by atoms with Crippen LogP contribution >= 0.6 is 0 Å². The van der Waals surface area contributed by atoms with E-state index in [1.54, 1.807) is 0 Å². The largest absolute Gasteiger partial charge is 0.468 e. The van der Waals surface area contributed by atoms with Crippen LogP contribution in [0.25, 0.3) is 0 Å². The number of methoxy groups -OCH3 is 2. The van der Waals surface area contributed by atoms with Crippen molar-refractivity contribution >= 4 is 11.9 Å². The summed E-state index contributed by atoms with van der Waals surface area (Å²) in [6.45, 7) is 0.678. The van der Waals surface area contributed by atoms with Crippen molar-refractivity contribution in [1.82, 2.24) is 4.90 Å². The molecule has 0 unspecified atom stereocenters. The molecule has 1 aromatic rings. The zero-order valence-corrected chi connectivity index (χ0v) is 11.3. The molecule has 1 aromatic carbocycles. The Morgan fingerprint density at radius 3 is 2.42 bits per heavy atom. The van der Waals surface area contributed by atoms with Crippen molar-refractivity contribution in [3.8, 4) is 0 Å². The SMILES string of the molecule is COCCC(=O)N(CC(=O)OC)Cc1ccccc1. The molecule has 0 aliphatic heterocycles. The quantitative estimate of drug-likeness (QED) is 0.696. The van der Waals surface area contributed by atoms with Crippen LogP contribution in [0, 0.1) is 0 Å². The lowest BCUT2D eigenvalue weighted by atomic mass is 10.2. The van der Waals surface area contributed by atoms with Crippen LogP contribution < -0.4 is 0 Å². The fourth-order valence-corrected chi connectivity index (χ4v) is 1.60. The van der Waals surface area contributed by atoms with Crippen molar-refractivity contribution in [3.05, 3.63) is 35.9 Å². The van der Waals surface area contributed by atoms with Crippen LogP contribution in [0.4, 0.5) is 0 Å². The predicted octanol–water partition coefficient (Wildman–Crippen LogP) is 1.22. The Morgan fingerprint density at radius 2 is 1.84 bits per heavy atom. The highest BCUT2D eigenvalue weighted by Crippen LogP contribution is 2.06. The standard InChI is InChI=1S/C14H19NO4/c1-18-9-8-13(16)15(11-14(17)19-2)10-12-6-4-3-5-7-12/h3-7H,8-11H2,1-2H3. The van der Waals surface area contributed by atoms with Gasteiger partial charge in [-0.1, -0.05) is 30.3 Å². The molecule has 0 bridgehead atoms. The third-order valence-electron chi connectivity index (χ3n) is 2.64. The third kappa shape index (κ3) is 5.52. The molecule has 19 heavy (non-hydrogen) atoms. The van der Waals surface area contributed by atoms with Gasteiger partial charge in [0.2, 0.25) is 5.91 Å². The van der Waals surface area contributed by atoms with Gasteiger partial charge in [-0.3, -0.25) is 9.59 Å². The lowest BCUT2D eigenvalue weighted by Gasteiger charge is -2.21. The van der Waals surface area contributed by atoms with Crippen LogP contribution in [0.15, 0.2) is 30.3 Å². The molecule has 0 N–H and O–H groups in total. The summed E-state index contributed by atoms with van der Waals surface area (Å²) < 4.78 is 9.49. The molecule has 5 nitrogen and oxygen atoms in total. The lowest BCUT2D eigenvalue weighted by molar-refractivity contribution is -0.147. The van der Waals surface area contributed by atoms with Gasteiger partial charge in [0.1, 0.15) is 6.54 Å². The molecule has 5 heteroatoms. The summed E-state index contributed by atoms with van der Waals surface area (Å²) in [7, 11) is 2.85. The Labute approximate surface area is 113 Å². The van der Waals surface area contributed by atoms with Crippen LogP contribution in [0.2, 0.25) is 0 Å². The van der Waals surface area contributed by atoms with Gasteiger partial charge in [0, 0.05) is 13.7 Å². The van der Waals surface area contributed by atoms with E-state index in [0.29, 0.717) is 13.2 Å². The van der Waals surface area contributed by atoms with E-state index in [9.17, 15) is 9.59 Å². The van der Waals surface area contributed by atoms with E-state index in [1.807, 2.05) is 30.3 Å². The highest BCUT2D eigenvalue weighted by Gasteiger charge is 2.17. The van der Waals surface area contributed by atoms with Crippen LogP contribution in [0.5, 0.6) is 0 Å². The Morgan fingerprint density at radius 1 is 1.16 bits per heavy atom. The molecule has 0 aliphatic carbocycles. The number of hydrogen-bond donors (Lipinski definition) is 0. The molecule has 0 saturated heterocycles. The Balaban J connectivity index is 2.68. The second-order valence-electron chi connectivity index (χ2n) is 4.05. The maximum absolute atomic E-state index is 12.0. The van der Waals surface area contributed by atoms with Gasteiger partial charge in [0.15, 0.2) is 0 Å². The van der Waals surface area contributed by atoms with Gasteiger partial charge in [-0.15, -0.1) is 0 Å². The van der Waals surface area contributed by atoms with E-state index in [2.05, 4.69) is 4.74 Å². The number of ether oxygens (including phenoxy) is 2. The zero-order chi connectivity index (χ0) is 14.1. The first kappa shape index (κ1) is 15.2. The average Bonchev–Trinajstić information content (AvgIpc) is 2.44.